The molecular formula is C9H18N4O2. The normalized spacial score (nSPS) is 19.8. The van der Waals surface area contributed by atoms with E-state index >= 15 is 0 Å². The van der Waals surface area contributed by atoms with Crippen LogP contribution in [0.1, 0.15) is 12.8 Å². The van der Waals surface area contributed by atoms with E-state index in [1.54, 1.807) is 19.0 Å². The zero-order valence-corrected chi connectivity index (χ0v) is 9.19. The molecule has 0 saturated carbocycles. The quantitative estimate of drug-likeness (QED) is 0.583. The van der Waals surface area contributed by atoms with E-state index in [1.165, 1.54) is 4.90 Å². The molecule has 0 aromatic carbocycles. The average molecular weight is 214 g/mol. The molecule has 0 aromatic rings. The summed E-state index contributed by atoms with van der Waals surface area (Å²) in [6.07, 6.45) is 0.865. The van der Waals surface area contributed by atoms with Gasteiger partial charge in [-0.25, -0.2) is 4.79 Å². The Morgan fingerprint density at radius 1 is 1.27 bits per heavy atom. The number of amides is 3. The molecule has 0 atom stereocenters. The maximum Gasteiger partial charge on any atom is 0.319 e. The smallest absolute Gasteiger partial charge is 0.319 e. The van der Waals surface area contributed by atoms with Crippen LogP contribution in [0.5, 0.6) is 0 Å². The monoisotopic (exact) mass is 214 g/mol. The summed E-state index contributed by atoms with van der Waals surface area (Å²) in [5, 5.41) is 0. The second-order valence-electron chi connectivity index (χ2n) is 4.18. The molecule has 0 spiro atoms. The summed E-state index contributed by atoms with van der Waals surface area (Å²) in [4.78, 5) is 25.8. The van der Waals surface area contributed by atoms with Crippen molar-refractivity contribution in [3.8, 4) is 0 Å². The van der Waals surface area contributed by atoms with Crippen LogP contribution in [0.15, 0.2) is 0 Å². The third-order valence-corrected chi connectivity index (χ3v) is 2.80. The van der Waals surface area contributed by atoms with Crippen molar-refractivity contribution in [1.29, 1.82) is 0 Å². The third kappa shape index (κ3) is 2.38. The van der Waals surface area contributed by atoms with Gasteiger partial charge in [-0.2, -0.15) is 0 Å². The van der Waals surface area contributed by atoms with Gasteiger partial charge in [-0.05, 0) is 12.8 Å². The number of piperidine rings is 1. The molecule has 1 aliphatic rings. The van der Waals surface area contributed by atoms with Crippen LogP contribution >= 0.6 is 0 Å². The molecule has 6 heteroatoms. The molecule has 1 rings (SSSR count). The minimum atomic E-state index is -0.941. The topological polar surface area (TPSA) is 92.7 Å². The second-order valence-corrected chi connectivity index (χ2v) is 4.18. The standard InChI is InChI=1S/C9H18N4O2/c1-12(2)8(15)13-5-3-9(11,4-6-13)7(10)14/h3-6,11H2,1-2H3,(H2,10,14). The summed E-state index contributed by atoms with van der Waals surface area (Å²) < 4.78 is 0. The van der Waals surface area contributed by atoms with Crippen LogP contribution in [0.4, 0.5) is 4.79 Å². The van der Waals surface area contributed by atoms with Crippen molar-refractivity contribution < 1.29 is 9.59 Å². The maximum atomic E-state index is 11.6. The number of carbonyl (C=O) groups is 2. The van der Waals surface area contributed by atoms with E-state index in [4.69, 9.17) is 11.5 Å². The predicted molar refractivity (Wildman–Crippen MR) is 56.0 cm³/mol. The van der Waals surface area contributed by atoms with Gasteiger partial charge in [0.25, 0.3) is 0 Å². The van der Waals surface area contributed by atoms with E-state index in [2.05, 4.69) is 0 Å². The minimum Gasteiger partial charge on any atom is -0.368 e. The van der Waals surface area contributed by atoms with Crippen LogP contribution in [0.2, 0.25) is 0 Å². The molecule has 0 aromatic heterocycles. The van der Waals surface area contributed by atoms with Gasteiger partial charge >= 0.3 is 6.03 Å². The Bertz CT molecular complexity index is 269. The van der Waals surface area contributed by atoms with Gasteiger partial charge in [0, 0.05) is 27.2 Å². The lowest BCUT2D eigenvalue weighted by Crippen LogP contribution is -2.59. The van der Waals surface area contributed by atoms with Crippen molar-refractivity contribution in [2.24, 2.45) is 11.5 Å². The van der Waals surface area contributed by atoms with Crippen molar-refractivity contribution >= 4 is 11.9 Å². The van der Waals surface area contributed by atoms with Crippen molar-refractivity contribution in [1.82, 2.24) is 9.80 Å². The molecule has 6 nitrogen and oxygen atoms in total. The fraction of sp³-hybridized carbons (Fsp3) is 0.778. The number of nitrogens with two attached hydrogens (primary N) is 2. The maximum absolute atomic E-state index is 11.6. The first kappa shape index (κ1) is 11.8. The van der Waals surface area contributed by atoms with Crippen LogP contribution in [0.3, 0.4) is 0 Å². The average Bonchev–Trinajstić information content (AvgIpc) is 2.17. The fourth-order valence-corrected chi connectivity index (χ4v) is 1.63. The second kappa shape index (κ2) is 4.06. The van der Waals surface area contributed by atoms with Crippen LogP contribution in [-0.4, -0.2) is 54.5 Å². The minimum absolute atomic E-state index is 0.0541. The highest BCUT2D eigenvalue weighted by Gasteiger charge is 2.37. The van der Waals surface area contributed by atoms with Crippen molar-refractivity contribution in [2.45, 2.75) is 18.4 Å². The number of carbonyl (C=O) groups excluding carboxylic acids is 2. The summed E-state index contributed by atoms with van der Waals surface area (Å²) in [6.45, 7) is 0.965. The van der Waals surface area contributed by atoms with E-state index in [0.717, 1.165) is 0 Å². The summed E-state index contributed by atoms with van der Waals surface area (Å²) in [5.41, 5.74) is 10.1. The SMILES string of the molecule is CN(C)C(=O)N1CCC(N)(C(N)=O)CC1. The zero-order valence-electron chi connectivity index (χ0n) is 9.19. The molecule has 1 fully saturated rings. The molecule has 3 amide bonds. The van der Waals surface area contributed by atoms with E-state index in [-0.39, 0.29) is 6.03 Å². The molecule has 1 aliphatic heterocycles. The lowest BCUT2D eigenvalue weighted by atomic mass is 9.88. The van der Waals surface area contributed by atoms with E-state index in [1.807, 2.05) is 0 Å². The largest absolute Gasteiger partial charge is 0.368 e. The molecule has 0 bridgehead atoms. The highest BCUT2D eigenvalue weighted by atomic mass is 16.2. The van der Waals surface area contributed by atoms with Gasteiger partial charge in [0.2, 0.25) is 5.91 Å². The highest BCUT2D eigenvalue weighted by molar-refractivity contribution is 5.85. The number of likely N-dealkylation sites (tertiary alicyclic amines) is 1. The van der Waals surface area contributed by atoms with Gasteiger partial charge in [-0.3, -0.25) is 4.79 Å². The zero-order chi connectivity index (χ0) is 11.6. The Hall–Kier alpha value is -1.30. The first-order valence-corrected chi connectivity index (χ1v) is 4.92. The van der Waals surface area contributed by atoms with Crippen LogP contribution in [0, 0.1) is 0 Å². The molecule has 0 aliphatic carbocycles. The number of hydrogen-bond acceptors (Lipinski definition) is 3. The molecular weight excluding hydrogens is 196 g/mol. The Kier molecular flexibility index (Phi) is 3.18. The lowest BCUT2D eigenvalue weighted by molar-refractivity contribution is -0.124. The Morgan fingerprint density at radius 2 is 1.73 bits per heavy atom. The van der Waals surface area contributed by atoms with E-state index < -0.39 is 11.4 Å². The molecule has 0 radical (unpaired) electrons. The molecule has 86 valence electrons. The molecule has 1 heterocycles. The summed E-state index contributed by atoms with van der Waals surface area (Å²) in [7, 11) is 3.39. The molecule has 15 heavy (non-hydrogen) atoms. The van der Waals surface area contributed by atoms with Crippen LogP contribution < -0.4 is 11.5 Å². The number of urea groups is 1. The Balaban J connectivity index is 2.56. The first-order chi connectivity index (χ1) is 6.87. The molecule has 0 unspecified atom stereocenters. The van der Waals surface area contributed by atoms with Crippen LogP contribution in [-0.2, 0) is 4.79 Å². The third-order valence-electron chi connectivity index (χ3n) is 2.80. The number of rotatable bonds is 1. The first-order valence-electron chi connectivity index (χ1n) is 4.92. The predicted octanol–water partition coefficient (Wildman–Crippen LogP) is -1.05. The number of nitrogens with zero attached hydrogens (tertiary/aromatic N) is 2. The van der Waals surface area contributed by atoms with Gasteiger partial charge in [0.15, 0.2) is 0 Å². The van der Waals surface area contributed by atoms with Gasteiger partial charge in [0.1, 0.15) is 0 Å². The van der Waals surface area contributed by atoms with E-state index in [0.29, 0.717) is 25.9 Å². The van der Waals surface area contributed by atoms with Gasteiger partial charge in [-0.15, -0.1) is 0 Å². The summed E-state index contributed by atoms with van der Waals surface area (Å²) in [6, 6.07) is -0.0541. The summed E-state index contributed by atoms with van der Waals surface area (Å²) in [5.74, 6) is -0.487. The summed E-state index contributed by atoms with van der Waals surface area (Å²) >= 11 is 0. The van der Waals surface area contributed by atoms with Gasteiger partial charge in [-0.1, -0.05) is 0 Å². The van der Waals surface area contributed by atoms with Gasteiger partial charge < -0.3 is 21.3 Å². The number of primary amides is 1. The highest BCUT2D eigenvalue weighted by Crippen LogP contribution is 2.19. The van der Waals surface area contributed by atoms with Crippen LogP contribution in [0.25, 0.3) is 0 Å². The van der Waals surface area contributed by atoms with Crippen molar-refractivity contribution in [3.05, 3.63) is 0 Å². The molecule has 1 saturated heterocycles. The van der Waals surface area contributed by atoms with E-state index in [9.17, 15) is 9.59 Å². The molecule has 4 N–H and O–H groups in total. The Morgan fingerprint density at radius 3 is 2.07 bits per heavy atom. The lowest BCUT2D eigenvalue weighted by Gasteiger charge is -2.37. The van der Waals surface area contributed by atoms with Crippen molar-refractivity contribution in [3.63, 3.8) is 0 Å². The number of hydrogen-bond donors (Lipinski definition) is 2. The Labute approximate surface area is 89.2 Å². The fourth-order valence-electron chi connectivity index (χ4n) is 1.63. The van der Waals surface area contributed by atoms with Gasteiger partial charge in [0.05, 0.1) is 5.54 Å². The van der Waals surface area contributed by atoms with Crippen molar-refractivity contribution in [2.75, 3.05) is 27.2 Å².